The minimum Gasteiger partial charge on any atom is -0.409 e. The number of halogens is 1. The van der Waals surface area contributed by atoms with Gasteiger partial charge in [-0.3, -0.25) is 4.98 Å². The predicted octanol–water partition coefficient (Wildman–Crippen LogP) is 2.17. The Kier molecular flexibility index (Phi) is 4.84. The van der Waals surface area contributed by atoms with E-state index >= 15 is 0 Å². The summed E-state index contributed by atoms with van der Waals surface area (Å²) in [5.74, 6) is -0.300. The predicted molar refractivity (Wildman–Crippen MR) is 78.4 cm³/mol. The molecule has 1 aromatic carbocycles. The molecule has 1 aromatic heterocycles. The van der Waals surface area contributed by atoms with Gasteiger partial charge in [0.15, 0.2) is 5.84 Å². The Morgan fingerprint density at radius 1 is 1.43 bits per heavy atom. The highest BCUT2D eigenvalue weighted by Crippen LogP contribution is 2.15. The van der Waals surface area contributed by atoms with Crippen LogP contribution in [0.25, 0.3) is 0 Å². The van der Waals surface area contributed by atoms with Crippen molar-refractivity contribution in [2.45, 2.75) is 19.5 Å². The molecule has 21 heavy (non-hydrogen) atoms. The molecule has 0 aliphatic heterocycles. The van der Waals surface area contributed by atoms with Crippen molar-refractivity contribution in [1.82, 2.24) is 10.3 Å². The Hall–Kier alpha value is -2.47. The van der Waals surface area contributed by atoms with Gasteiger partial charge in [-0.05, 0) is 36.2 Å². The molecule has 0 fully saturated rings. The topological polar surface area (TPSA) is 83.5 Å². The Morgan fingerprint density at radius 2 is 2.24 bits per heavy atom. The third kappa shape index (κ3) is 3.76. The lowest BCUT2D eigenvalue weighted by atomic mass is 10.1. The highest BCUT2D eigenvalue weighted by Gasteiger charge is 2.10. The highest BCUT2D eigenvalue weighted by atomic mass is 19.1. The minimum absolute atomic E-state index is 0.0363. The van der Waals surface area contributed by atoms with E-state index in [9.17, 15) is 4.39 Å². The van der Waals surface area contributed by atoms with Crippen LogP contribution in [0.2, 0.25) is 0 Å². The van der Waals surface area contributed by atoms with Crippen LogP contribution in [0.3, 0.4) is 0 Å². The van der Waals surface area contributed by atoms with Gasteiger partial charge in [0, 0.05) is 18.8 Å². The maximum Gasteiger partial charge on any atom is 0.189 e. The molecule has 2 rings (SSSR count). The van der Waals surface area contributed by atoms with Crippen molar-refractivity contribution in [3.63, 3.8) is 0 Å². The summed E-state index contributed by atoms with van der Waals surface area (Å²) in [4.78, 5) is 4.10. The van der Waals surface area contributed by atoms with Gasteiger partial charge in [0.2, 0.25) is 0 Å². The molecule has 0 unspecified atom stereocenters. The second-order valence-corrected chi connectivity index (χ2v) is 4.65. The highest BCUT2D eigenvalue weighted by molar-refractivity contribution is 5.96. The largest absolute Gasteiger partial charge is 0.409 e. The van der Waals surface area contributed by atoms with Crippen LogP contribution < -0.4 is 11.1 Å². The molecular formula is C15H17FN4O. The molecule has 0 aliphatic rings. The van der Waals surface area contributed by atoms with E-state index in [1.54, 1.807) is 18.3 Å². The smallest absolute Gasteiger partial charge is 0.189 e. The summed E-state index contributed by atoms with van der Waals surface area (Å²) in [6.45, 7) is 2.41. The van der Waals surface area contributed by atoms with E-state index in [2.05, 4.69) is 15.5 Å². The normalized spacial score (nSPS) is 13.1. The number of benzene rings is 1. The molecule has 0 saturated carbocycles. The summed E-state index contributed by atoms with van der Waals surface area (Å²) >= 11 is 0. The SMILES string of the molecule is C[C@H](NCc1cccnc1/C(N)=N/O)c1cccc(F)c1. The van der Waals surface area contributed by atoms with E-state index in [0.717, 1.165) is 11.1 Å². The maximum atomic E-state index is 13.2. The molecule has 6 heteroatoms. The number of nitrogens with two attached hydrogens (primary N) is 1. The van der Waals surface area contributed by atoms with Gasteiger partial charge in [0.05, 0.1) is 0 Å². The van der Waals surface area contributed by atoms with E-state index in [0.29, 0.717) is 12.2 Å². The van der Waals surface area contributed by atoms with Gasteiger partial charge < -0.3 is 16.3 Å². The van der Waals surface area contributed by atoms with Crippen molar-refractivity contribution in [1.29, 1.82) is 0 Å². The summed E-state index contributed by atoms with van der Waals surface area (Å²) in [7, 11) is 0. The van der Waals surface area contributed by atoms with Gasteiger partial charge in [-0.2, -0.15) is 0 Å². The van der Waals surface area contributed by atoms with E-state index < -0.39 is 0 Å². The number of hydrogen-bond acceptors (Lipinski definition) is 4. The lowest BCUT2D eigenvalue weighted by Gasteiger charge is -2.15. The van der Waals surface area contributed by atoms with Crippen LogP contribution in [0.4, 0.5) is 4.39 Å². The van der Waals surface area contributed by atoms with E-state index in [-0.39, 0.29) is 17.7 Å². The second-order valence-electron chi connectivity index (χ2n) is 4.65. The number of nitrogens with zero attached hydrogens (tertiary/aromatic N) is 2. The Labute approximate surface area is 122 Å². The lowest BCUT2D eigenvalue weighted by Crippen LogP contribution is -2.23. The molecule has 0 radical (unpaired) electrons. The second kappa shape index (κ2) is 6.81. The van der Waals surface area contributed by atoms with Crippen molar-refractivity contribution >= 4 is 5.84 Å². The van der Waals surface area contributed by atoms with Crippen LogP contribution in [-0.2, 0) is 6.54 Å². The molecular weight excluding hydrogens is 271 g/mol. The number of nitrogens with one attached hydrogen (secondary N) is 1. The Bertz CT molecular complexity index is 645. The molecule has 1 atom stereocenters. The van der Waals surface area contributed by atoms with Crippen LogP contribution in [0, 0.1) is 5.82 Å². The van der Waals surface area contributed by atoms with Crippen molar-refractivity contribution < 1.29 is 9.60 Å². The number of aromatic nitrogens is 1. The van der Waals surface area contributed by atoms with Gasteiger partial charge in [-0.25, -0.2) is 4.39 Å². The van der Waals surface area contributed by atoms with Crippen LogP contribution in [0.5, 0.6) is 0 Å². The molecule has 0 saturated heterocycles. The number of pyridine rings is 1. The van der Waals surface area contributed by atoms with E-state index in [1.807, 2.05) is 19.1 Å². The third-order valence-corrected chi connectivity index (χ3v) is 3.19. The van der Waals surface area contributed by atoms with Crippen molar-refractivity contribution in [2.24, 2.45) is 10.9 Å². The van der Waals surface area contributed by atoms with Gasteiger partial charge in [-0.15, -0.1) is 0 Å². The zero-order valence-electron chi connectivity index (χ0n) is 11.6. The minimum atomic E-state index is -0.264. The molecule has 0 aliphatic carbocycles. The molecule has 2 aromatic rings. The first-order valence-corrected chi connectivity index (χ1v) is 6.52. The average molecular weight is 288 g/mol. The van der Waals surface area contributed by atoms with Gasteiger partial charge in [-0.1, -0.05) is 23.4 Å². The van der Waals surface area contributed by atoms with E-state index in [4.69, 9.17) is 10.9 Å². The molecule has 4 N–H and O–H groups in total. The quantitative estimate of drug-likeness (QED) is 0.341. The molecule has 0 amide bonds. The fourth-order valence-corrected chi connectivity index (χ4v) is 2.02. The van der Waals surface area contributed by atoms with Crippen LogP contribution >= 0.6 is 0 Å². The Balaban J connectivity index is 2.10. The molecule has 5 nitrogen and oxygen atoms in total. The summed E-state index contributed by atoms with van der Waals surface area (Å²) in [6.07, 6.45) is 1.58. The third-order valence-electron chi connectivity index (χ3n) is 3.19. The lowest BCUT2D eigenvalue weighted by molar-refractivity contribution is 0.318. The van der Waals surface area contributed by atoms with Gasteiger partial charge >= 0.3 is 0 Å². The summed E-state index contributed by atoms with van der Waals surface area (Å²) < 4.78 is 13.2. The fraction of sp³-hybridized carbons (Fsp3) is 0.200. The number of amidine groups is 1. The monoisotopic (exact) mass is 288 g/mol. The van der Waals surface area contributed by atoms with Crippen LogP contribution in [0.15, 0.2) is 47.8 Å². The van der Waals surface area contributed by atoms with Crippen molar-refractivity contribution in [3.05, 3.63) is 65.2 Å². The standard InChI is InChI=1S/C15H17FN4O/c1-10(11-4-2-6-13(16)8-11)19-9-12-5-3-7-18-14(12)15(17)20-21/h2-8,10,19,21H,9H2,1H3,(H2,17,20)/t10-/m0/s1. The maximum absolute atomic E-state index is 13.2. The van der Waals surface area contributed by atoms with Gasteiger partial charge in [0.25, 0.3) is 0 Å². The first-order valence-electron chi connectivity index (χ1n) is 6.52. The zero-order valence-corrected chi connectivity index (χ0v) is 11.6. The first kappa shape index (κ1) is 14.9. The summed E-state index contributed by atoms with van der Waals surface area (Å²) in [6, 6.07) is 10.0. The Morgan fingerprint density at radius 3 is 2.95 bits per heavy atom. The number of rotatable bonds is 5. The van der Waals surface area contributed by atoms with Crippen molar-refractivity contribution in [3.8, 4) is 0 Å². The fourth-order valence-electron chi connectivity index (χ4n) is 2.02. The summed E-state index contributed by atoms with van der Waals surface area (Å²) in [5.41, 5.74) is 7.68. The van der Waals surface area contributed by atoms with Gasteiger partial charge in [0.1, 0.15) is 11.5 Å². The molecule has 1 heterocycles. The number of hydrogen-bond donors (Lipinski definition) is 3. The first-order chi connectivity index (χ1) is 10.1. The zero-order chi connectivity index (χ0) is 15.2. The van der Waals surface area contributed by atoms with Crippen molar-refractivity contribution in [2.75, 3.05) is 0 Å². The average Bonchev–Trinajstić information content (AvgIpc) is 2.52. The van der Waals surface area contributed by atoms with E-state index in [1.165, 1.54) is 12.1 Å². The molecule has 0 spiro atoms. The molecule has 0 bridgehead atoms. The van der Waals surface area contributed by atoms with Crippen LogP contribution in [-0.4, -0.2) is 16.0 Å². The molecule has 110 valence electrons. The summed E-state index contributed by atoms with van der Waals surface area (Å²) in [5, 5.41) is 15.0. The number of oxime groups is 1. The van der Waals surface area contributed by atoms with Crippen LogP contribution in [0.1, 0.15) is 29.8 Å².